The van der Waals surface area contributed by atoms with Crippen molar-refractivity contribution >= 4 is 29.9 Å². The highest BCUT2D eigenvalue weighted by Gasteiger charge is 2.21. The molecule has 0 unspecified atom stereocenters. The van der Waals surface area contributed by atoms with Gasteiger partial charge >= 0.3 is 0 Å². The Bertz CT molecular complexity index is 570. The second-order valence-corrected chi connectivity index (χ2v) is 7.12. The van der Waals surface area contributed by atoms with Gasteiger partial charge in [-0.2, -0.15) is 0 Å². The maximum absolute atomic E-state index is 9.66. The Balaban J connectivity index is 0.00000243. The van der Waals surface area contributed by atoms with Gasteiger partial charge in [0.1, 0.15) is 5.75 Å². The molecule has 0 amide bonds. The van der Waals surface area contributed by atoms with Crippen LogP contribution in [0.15, 0.2) is 29.3 Å². The summed E-state index contributed by atoms with van der Waals surface area (Å²) in [6, 6.07) is 8.60. The minimum atomic E-state index is -0.131. The number of benzene rings is 1. The number of aliphatic imine (C=N–C) groups is 1. The second-order valence-electron chi connectivity index (χ2n) is 7.12. The molecule has 0 aliphatic heterocycles. The first-order valence-electron chi connectivity index (χ1n) is 9.72. The Morgan fingerprint density at radius 3 is 2.54 bits per heavy atom. The fourth-order valence-electron chi connectivity index (χ4n) is 3.32. The highest BCUT2D eigenvalue weighted by atomic mass is 127. The highest BCUT2D eigenvalue weighted by molar-refractivity contribution is 14.0. The van der Waals surface area contributed by atoms with E-state index in [4.69, 9.17) is 9.73 Å². The molecule has 3 N–H and O–H groups in total. The molecule has 1 aromatic carbocycles. The van der Waals surface area contributed by atoms with E-state index in [0.29, 0.717) is 18.7 Å². The van der Waals surface area contributed by atoms with Crippen LogP contribution in [0.1, 0.15) is 57.4 Å². The van der Waals surface area contributed by atoms with Crippen molar-refractivity contribution in [1.29, 1.82) is 0 Å². The van der Waals surface area contributed by atoms with E-state index in [9.17, 15) is 5.11 Å². The zero-order valence-corrected chi connectivity index (χ0v) is 17.9. The molecule has 2 fully saturated rings. The largest absolute Gasteiger partial charge is 0.490 e. The average molecular weight is 473 g/mol. The number of nitrogens with one attached hydrogen (secondary N) is 2. The molecule has 6 heteroatoms. The molecule has 5 nitrogen and oxygen atoms in total. The highest BCUT2D eigenvalue weighted by Crippen LogP contribution is 2.28. The molecule has 0 heterocycles. The summed E-state index contributed by atoms with van der Waals surface area (Å²) in [4.78, 5) is 4.76. The molecule has 0 spiro atoms. The Kier molecular flexibility index (Phi) is 8.98. The molecule has 2 aliphatic carbocycles. The van der Waals surface area contributed by atoms with Crippen LogP contribution in [0, 0.1) is 0 Å². The maximum atomic E-state index is 9.66. The fourth-order valence-corrected chi connectivity index (χ4v) is 3.32. The van der Waals surface area contributed by atoms with Crippen molar-refractivity contribution < 1.29 is 9.84 Å². The van der Waals surface area contributed by atoms with Crippen LogP contribution in [0.25, 0.3) is 0 Å². The van der Waals surface area contributed by atoms with Crippen molar-refractivity contribution in [2.24, 2.45) is 4.99 Å². The standard InChI is InChI=1S/C20H31N3O2.HI/c1-2-21-20(23-16-10-12-17(24)13-11-16)22-14-15-6-3-4-9-19(15)25-18-7-5-8-18;/h3-4,6,9,16-18,24H,2,5,7-8,10-14H2,1H3,(H2,21,22,23);1H. The molecule has 0 aromatic heterocycles. The zero-order valence-electron chi connectivity index (χ0n) is 15.6. The quantitative estimate of drug-likeness (QED) is 0.336. The van der Waals surface area contributed by atoms with Crippen molar-refractivity contribution in [2.45, 2.75) is 76.7 Å². The summed E-state index contributed by atoms with van der Waals surface area (Å²) in [5, 5.41) is 16.5. The number of aliphatic hydroxyl groups excluding tert-OH is 1. The van der Waals surface area contributed by atoms with Gasteiger partial charge in [0.15, 0.2) is 5.96 Å². The number of ether oxygens (including phenoxy) is 1. The number of hydrogen-bond acceptors (Lipinski definition) is 3. The second kappa shape index (κ2) is 11.0. The first-order chi connectivity index (χ1) is 12.2. The van der Waals surface area contributed by atoms with Crippen molar-refractivity contribution in [3.05, 3.63) is 29.8 Å². The lowest BCUT2D eigenvalue weighted by molar-refractivity contribution is 0.119. The van der Waals surface area contributed by atoms with Crippen LogP contribution in [-0.4, -0.2) is 35.9 Å². The van der Waals surface area contributed by atoms with Crippen molar-refractivity contribution in [3.63, 3.8) is 0 Å². The predicted molar refractivity (Wildman–Crippen MR) is 116 cm³/mol. The fraction of sp³-hybridized carbons (Fsp3) is 0.650. The number of para-hydroxylation sites is 1. The third-order valence-electron chi connectivity index (χ3n) is 5.11. The average Bonchev–Trinajstić information content (AvgIpc) is 2.59. The van der Waals surface area contributed by atoms with Crippen molar-refractivity contribution in [1.82, 2.24) is 10.6 Å². The van der Waals surface area contributed by atoms with Crippen LogP contribution in [0.2, 0.25) is 0 Å². The molecule has 0 bridgehead atoms. The van der Waals surface area contributed by atoms with Crippen LogP contribution < -0.4 is 15.4 Å². The van der Waals surface area contributed by atoms with Gasteiger partial charge < -0.3 is 20.5 Å². The third-order valence-corrected chi connectivity index (χ3v) is 5.11. The molecule has 0 atom stereocenters. The van der Waals surface area contributed by atoms with Crippen molar-refractivity contribution in [3.8, 4) is 5.75 Å². The van der Waals surface area contributed by atoms with Gasteiger partial charge in [-0.3, -0.25) is 0 Å². The summed E-state index contributed by atoms with van der Waals surface area (Å²) in [5.74, 6) is 1.81. The molecule has 0 radical (unpaired) electrons. The van der Waals surface area contributed by atoms with E-state index in [1.165, 1.54) is 6.42 Å². The minimum absolute atomic E-state index is 0. The molecular formula is C20H32IN3O2. The van der Waals surface area contributed by atoms with Gasteiger partial charge in [0.05, 0.1) is 18.8 Å². The van der Waals surface area contributed by atoms with E-state index in [-0.39, 0.29) is 30.1 Å². The monoisotopic (exact) mass is 473 g/mol. The summed E-state index contributed by atoms with van der Waals surface area (Å²) in [7, 11) is 0. The third kappa shape index (κ3) is 6.30. The Morgan fingerprint density at radius 1 is 1.15 bits per heavy atom. The van der Waals surface area contributed by atoms with Gasteiger partial charge in [0.25, 0.3) is 0 Å². The van der Waals surface area contributed by atoms with Crippen LogP contribution in [0.3, 0.4) is 0 Å². The summed E-state index contributed by atoms with van der Waals surface area (Å²) in [6.45, 7) is 3.52. The lowest BCUT2D eigenvalue weighted by Crippen LogP contribution is -2.45. The van der Waals surface area contributed by atoms with Crippen molar-refractivity contribution in [2.75, 3.05) is 6.54 Å². The summed E-state index contributed by atoms with van der Waals surface area (Å²) >= 11 is 0. The van der Waals surface area contributed by atoms with Crippen LogP contribution in [-0.2, 0) is 6.54 Å². The first-order valence-corrected chi connectivity index (χ1v) is 9.72. The number of halogens is 1. The van der Waals surface area contributed by atoms with E-state index in [1.54, 1.807) is 0 Å². The van der Waals surface area contributed by atoms with Crippen LogP contribution >= 0.6 is 24.0 Å². The van der Waals surface area contributed by atoms with Gasteiger partial charge in [-0.1, -0.05) is 18.2 Å². The molecule has 146 valence electrons. The van der Waals surface area contributed by atoms with Gasteiger partial charge in [-0.15, -0.1) is 24.0 Å². The number of nitrogens with zero attached hydrogens (tertiary/aromatic N) is 1. The Morgan fingerprint density at radius 2 is 1.88 bits per heavy atom. The summed E-state index contributed by atoms with van der Waals surface area (Å²) in [5.41, 5.74) is 1.13. The zero-order chi connectivity index (χ0) is 17.5. The number of aliphatic hydroxyl groups is 1. The van der Waals surface area contributed by atoms with E-state index in [2.05, 4.69) is 23.6 Å². The smallest absolute Gasteiger partial charge is 0.191 e. The molecule has 26 heavy (non-hydrogen) atoms. The number of rotatable bonds is 6. The van der Waals surface area contributed by atoms with E-state index >= 15 is 0 Å². The minimum Gasteiger partial charge on any atom is -0.490 e. The molecule has 3 rings (SSSR count). The van der Waals surface area contributed by atoms with Crippen LogP contribution in [0.5, 0.6) is 5.75 Å². The van der Waals surface area contributed by atoms with E-state index < -0.39 is 0 Å². The lowest BCUT2D eigenvalue weighted by atomic mass is 9.93. The van der Waals surface area contributed by atoms with Gasteiger partial charge in [0, 0.05) is 18.2 Å². The topological polar surface area (TPSA) is 65.9 Å². The summed E-state index contributed by atoms with van der Waals surface area (Å²) < 4.78 is 6.10. The Labute approximate surface area is 174 Å². The van der Waals surface area contributed by atoms with E-state index in [1.807, 2.05) is 18.2 Å². The predicted octanol–water partition coefficient (Wildman–Crippen LogP) is 3.59. The molecule has 0 saturated heterocycles. The number of guanidine groups is 1. The van der Waals surface area contributed by atoms with E-state index in [0.717, 1.165) is 62.3 Å². The molecular weight excluding hydrogens is 441 g/mol. The molecule has 2 aliphatic rings. The van der Waals surface area contributed by atoms with Crippen LogP contribution in [0.4, 0.5) is 0 Å². The molecule has 2 saturated carbocycles. The molecule has 1 aromatic rings. The first kappa shape index (κ1) is 21.3. The van der Waals surface area contributed by atoms with Gasteiger partial charge in [-0.25, -0.2) is 4.99 Å². The summed E-state index contributed by atoms with van der Waals surface area (Å²) in [6.07, 6.45) is 7.57. The SMILES string of the molecule is CCNC(=NCc1ccccc1OC1CCC1)NC1CCC(O)CC1.I. The van der Waals surface area contributed by atoms with Gasteiger partial charge in [0.2, 0.25) is 0 Å². The van der Waals surface area contributed by atoms with Gasteiger partial charge in [-0.05, 0) is 57.9 Å². The lowest BCUT2D eigenvalue weighted by Gasteiger charge is -2.28. The normalized spacial score (nSPS) is 23.5. The maximum Gasteiger partial charge on any atom is 0.191 e. The Hall–Kier alpha value is -1.02. The number of hydrogen-bond donors (Lipinski definition) is 3.